The molecule has 4 aromatic rings. The molecule has 158 valence electrons. The Kier molecular flexibility index (Phi) is 7.03. The highest BCUT2D eigenvalue weighted by molar-refractivity contribution is 6.07. The molecule has 0 radical (unpaired) electrons. The van der Waals surface area contributed by atoms with Crippen molar-refractivity contribution in [3.63, 3.8) is 0 Å². The molecule has 0 atom stereocenters. The monoisotopic (exact) mass is 412 g/mol. The van der Waals surface area contributed by atoms with Crippen LogP contribution in [0.5, 0.6) is 0 Å². The standard InChI is InChI=1S/C18H16N2O2.C9H12/c1-11-8-9-14-15(10-11)16(17(19)21)12(2)20(18(14)22)13-6-4-3-5-7-13;1-2-6-9-7-4-3-5-8-9/h3-10H,1-2H3,(H2,19,21);3-5,7-8H,2,6H2,1H3. The first-order chi connectivity index (χ1) is 14.9. The number of fused-ring (bicyclic) bond motifs is 1. The Hall–Kier alpha value is -3.66. The number of hydrogen-bond acceptors (Lipinski definition) is 2. The van der Waals surface area contributed by atoms with E-state index in [1.54, 1.807) is 13.0 Å². The van der Waals surface area contributed by atoms with Crippen molar-refractivity contribution in [2.45, 2.75) is 33.6 Å². The third kappa shape index (κ3) is 4.92. The molecule has 0 saturated heterocycles. The molecule has 0 unspecified atom stereocenters. The zero-order valence-corrected chi connectivity index (χ0v) is 18.3. The smallest absolute Gasteiger partial charge is 0.263 e. The summed E-state index contributed by atoms with van der Waals surface area (Å²) in [5.74, 6) is -0.530. The number of primary amides is 1. The Morgan fingerprint density at radius 1 is 0.871 bits per heavy atom. The van der Waals surface area contributed by atoms with Crippen LogP contribution in [0.3, 0.4) is 0 Å². The molecule has 1 heterocycles. The van der Waals surface area contributed by atoms with Crippen molar-refractivity contribution in [2.24, 2.45) is 5.73 Å². The molecule has 0 aliphatic heterocycles. The van der Waals surface area contributed by atoms with Crippen molar-refractivity contribution in [1.29, 1.82) is 0 Å². The van der Waals surface area contributed by atoms with E-state index in [0.717, 1.165) is 11.3 Å². The van der Waals surface area contributed by atoms with Gasteiger partial charge >= 0.3 is 0 Å². The first-order valence-electron chi connectivity index (χ1n) is 10.5. The van der Waals surface area contributed by atoms with Gasteiger partial charge in [-0.3, -0.25) is 14.2 Å². The van der Waals surface area contributed by atoms with Gasteiger partial charge in [-0.05, 0) is 44.0 Å². The second-order valence-corrected chi connectivity index (χ2v) is 7.59. The van der Waals surface area contributed by atoms with Crippen molar-refractivity contribution >= 4 is 16.7 Å². The van der Waals surface area contributed by atoms with Crippen molar-refractivity contribution < 1.29 is 4.79 Å². The highest BCUT2D eigenvalue weighted by Crippen LogP contribution is 2.22. The largest absolute Gasteiger partial charge is 0.366 e. The normalized spacial score (nSPS) is 10.4. The first-order valence-corrected chi connectivity index (χ1v) is 10.5. The average Bonchev–Trinajstić information content (AvgIpc) is 2.75. The lowest BCUT2D eigenvalue weighted by molar-refractivity contribution is 0.100. The summed E-state index contributed by atoms with van der Waals surface area (Å²) in [6, 6.07) is 25.3. The summed E-state index contributed by atoms with van der Waals surface area (Å²) in [6.45, 7) is 5.87. The van der Waals surface area contributed by atoms with Gasteiger partial charge in [0.05, 0.1) is 5.56 Å². The van der Waals surface area contributed by atoms with Gasteiger partial charge in [-0.2, -0.15) is 0 Å². The number of rotatable bonds is 4. The molecule has 0 saturated carbocycles. The number of carbonyl (C=O) groups is 1. The molecule has 2 N–H and O–H groups in total. The van der Waals surface area contributed by atoms with Crippen LogP contribution < -0.4 is 11.3 Å². The molecule has 4 heteroatoms. The quantitative estimate of drug-likeness (QED) is 0.491. The topological polar surface area (TPSA) is 65.1 Å². The number of carbonyl (C=O) groups excluding carboxylic acids is 1. The van der Waals surface area contributed by atoms with E-state index in [2.05, 4.69) is 37.3 Å². The van der Waals surface area contributed by atoms with Crippen LogP contribution in [0.1, 0.15) is 40.5 Å². The van der Waals surface area contributed by atoms with E-state index in [0.29, 0.717) is 22.0 Å². The van der Waals surface area contributed by atoms with Gasteiger partial charge in [0, 0.05) is 22.2 Å². The van der Waals surface area contributed by atoms with Crippen LogP contribution >= 0.6 is 0 Å². The third-order valence-corrected chi connectivity index (χ3v) is 5.22. The SMILES string of the molecule is CCCc1ccccc1.Cc1ccc2c(=O)n(-c3ccccc3)c(C)c(C(N)=O)c2c1. The van der Waals surface area contributed by atoms with Crippen molar-refractivity contribution in [3.8, 4) is 5.69 Å². The van der Waals surface area contributed by atoms with Crippen LogP contribution in [-0.2, 0) is 6.42 Å². The fourth-order valence-electron chi connectivity index (χ4n) is 3.76. The molecule has 0 fully saturated rings. The van der Waals surface area contributed by atoms with Crippen LogP contribution in [0.25, 0.3) is 16.5 Å². The van der Waals surface area contributed by atoms with Gasteiger partial charge < -0.3 is 5.73 Å². The molecule has 3 aromatic carbocycles. The zero-order valence-electron chi connectivity index (χ0n) is 18.3. The highest BCUT2D eigenvalue weighted by Gasteiger charge is 2.18. The van der Waals surface area contributed by atoms with Gasteiger partial charge in [0.15, 0.2) is 0 Å². The lowest BCUT2D eigenvalue weighted by atomic mass is 10.0. The minimum Gasteiger partial charge on any atom is -0.366 e. The molecule has 0 aliphatic rings. The number of amides is 1. The van der Waals surface area contributed by atoms with E-state index in [-0.39, 0.29) is 5.56 Å². The van der Waals surface area contributed by atoms with Gasteiger partial charge in [0.2, 0.25) is 0 Å². The predicted molar refractivity (Wildman–Crippen MR) is 128 cm³/mol. The fourth-order valence-corrected chi connectivity index (χ4v) is 3.76. The molecular weight excluding hydrogens is 384 g/mol. The summed E-state index contributed by atoms with van der Waals surface area (Å²) in [6.07, 6.45) is 2.45. The summed E-state index contributed by atoms with van der Waals surface area (Å²) in [4.78, 5) is 24.8. The molecule has 4 rings (SSSR count). The van der Waals surface area contributed by atoms with Gasteiger partial charge in [-0.1, -0.05) is 79.6 Å². The van der Waals surface area contributed by atoms with Gasteiger partial charge in [0.1, 0.15) is 0 Å². The van der Waals surface area contributed by atoms with Crippen LogP contribution in [0.4, 0.5) is 0 Å². The number of pyridine rings is 1. The maximum Gasteiger partial charge on any atom is 0.263 e. The van der Waals surface area contributed by atoms with Crippen molar-refractivity contribution in [2.75, 3.05) is 0 Å². The van der Waals surface area contributed by atoms with Gasteiger partial charge in [0.25, 0.3) is 11.5 Å². The number of aryl methyl sites for hydroxylation is 2. The number of para-hydroxylation sites is 1. The molecule has 1 amide bonds. The second-order valence-electron chi connectivity index (χ2n) is 7.59. The Bertz CT molecular complexity index is 1240. The van der Waals surface area contributed by atoms with Gasteiger partial charge in [-0.25, -0.2) is 0 Å². The second kappa shape index (κ2) is 9.90. The summed E-state index contributed by atoms with van der Waals surface area (Å²) in [7, 11) is 0. The highest BCUT2D eigenvalue weighted by atomic mass is 16.1. The summed E-state index contributed by atoms with van der Waals surface area (Å²) in [5, 5.41) is 1.11. The lowest BCUT2D eigenvalue weighted by Gasteiger charge is -2.16. The van der Waals surface area contributed by atoms with E-state index in [9.17, 15) is 9.59 Å². The maximum atomic E-state index is 12.8. The minimum absolute atomic E-state index is 0.149. The fraction of sp³-hybridized carbons (Fsp3) is 0.185. The van der Waals surface area contributed by atoms with Crippen LogP contribution in [0.2, 0.25) is 0 Å². The summed E-state index contributed by atoms with van der Waals surface area (Å²) in [5.41, 5.74) is 9.51. The van der Waals surface area contributed by atoms with E-state index in [1.807, 2.05) is 49.4 Å². The number of aromatic nitrogens is 1. The molecule has 4 nitrogen and oxygen atoms in total. The van der Waals surface area contributed by atoms with E-state index in [1.165, 1.54) is 23.0 Å². The van der Waals surface area contributed by atoms with Crippen LogP contribution in [0.15, 0.2) is 83.7 Å². The number of nitrogens with two attached hydrogens (primary N) is 1. The molecule has 0 aliphatic carbocycles. The zero-order chi connectivity index (χ0) is 22.4. The third-order valence-electron chi connectivity index (χ3n) is 5.22. The molecular formula is C27H28N2O2. The van der Waals surface area contributed by atoms with E-state index < -0.39 is 5.91 Å². The Labute approximate surface area is 183 Å². The molecule has 0 spiro atoms. The Morgan fingerprint density at radius 3 is 2.06 bits per heavy atom. The average molecular weight is 413 g/mol. The number of hydrogen-bond donors (Lipinski definition) is 1. The summed E-state index contributed by atoms with van der Waals surface area (Å²) >= 11 is 0. The predicted octanol–water partition coefficient (Wildman–Crippen LogP) is 5.35. The van der Waals surface area contributed by atoms with E-state index in [4.69, 9.17) is 5.73 Å². The first kappa shape index (κ1) is 22.0. The minimum atomic E-state index is -0.530. The van der Waals surface area contributed by atoms with Crippen LogP contribution in [-0.4, -0.2) is 10.5 Å². The maximum absolute atomic E-state index is 12.8. The van der Waals surface area contributed by atoms with Crippen molar-refractivity contribution in [3.05, 3.63) is 112 Å². The van der Waals surface area contributed by atoms with Crippen LogP contribution in [0, 0.1) is 13.8 Å². The molecule has 0 bridgehead atoms. The Balaban J connectivity index is 0.000000254. The lowest BCUT2D eigenvalue weighted by Crippen LogP contribution is -2.26. The van der Waals surface area contributed by atoms with Crippen molar-refractivity contribution in [1.82, 2.24) is 4.57 Å². The molecule has 1 aromatic heterocycles. The molecule has 31 heavy (non-hydrogen) atoms. The van der Waals surface area contributed by atoms with Gasteiger partial charge in [-0.15, -0.1) is 0 Å². The van der Waals surface area contributed by atoms with E-state index >= 15 is 0 Å². The Morgan fingerprint density at radius 2 is 1.48 bits per heavy atom. The number of nitrogens with zero attached hydrogens (tertiary/aromatic N) is 1. The number of benzene rings is 3. The summed E-state index contributed by atoms with van der Waals surface area (Å²) < 4.78 is 1.54.